The van der Waals surface area contributed by atoms with E-state index in [1.165, 1.54) is 43.5 Å². The van der Waals surface area contributed by atoms with Crippen molar-refractivity contribution >= 4 is 23.8 Å². The van der Waals surface area contributed by atoms with Crippen LogP contribution in [-0.2, 0) is 4.79 Å². The molecule has 0 heterocycles. The molecule has 26 heavy (non-hydrogen) atoms. The lowest BCUT2D eigenvalue weighted by atomic mass is 9.72. The second-order valence-corrected chi connectivity index (χ2v) is 7.99. The highest BCUT2D eigenvalue weighted by Gasteiger charge is 2.26. The molecular formula is C22H31NO2S. The summed E-state index contributed by atoms with van der Waals surface area (Å²) in [6.07, 6.45) is 15.3. The SMILES string of the molecule is CC(C=CC1=C(C)CCCC1(C)C)=CC=CC(C)=CC(=O)N(C)C(=O)S. The first-order valence-corrected chi connectivity index (χ1v) is 9.41. The molecule has 0 atom stereocenters. The van der Waals surface area contributed by atoms with Crippen LogP contribution < -0.4 is 0 Å². The lowest BCUT2D eigenvalue weighted by molar-refractivity contribution is -0.121. The molecule has 0 N–H and O–H groups in total. The number of carbonyl (C=O) groups excluding carboxylic acids is 2. The van der Waals surface area contributed by atoms with Crippen molar-refractivity contribution in [3.05, 3.63) is 58.7 Å². The van der Waals surface area contributed by atoms with Crippen LogP contribution in [-0.4, -0.2) is 23.1 Å². The minimum absolute atomic E-state index is 0.241. The molecule has 1 aliphatic carbocycles. The van der Waals surface area contributed by atoms with Crippen LogP contribution in [0.4, 0.5) is 4.79 Å². The fraction of sp³-hybridized carbons (Fsp3) is 0.455. The fourth-order valence-corrected chi connectivity index (χ4v) is 3.16. The highest BCUT2D eigenvalue weighted by Crippen LogP contribution is 2.40. The van der Waals surface area contributed by atoms with E-state index in [9.17, 15) is 9.59 Å². The minimum Gasteiger partial charge on any atom is -0.273 e. The molecule has 0 aromatic heterocycles. The third kappa shape index (κ3) is 6.83. The monoisotopic (exact) mass is 373 g/mol. The zero-order valence-electron chi connectivity index (χ0n) is 16.8. The van der Waals surface area contributed by atoms with Crippen molar-refractivity contribution in [1.82, 2.24) is 4.90 Å². The number of thiol groups is 1. The average molecular weight is 374 g/mol. The number of imide groups is 1. The smallest absolute Gasteiger partial charge is 0.273 e. The summed E-state index contributed by atoms with van der Waals surface area (Å²) in [4.78, 5) is 23.8. The van der Waals surface area contributed by atoms with E-state index in [4.69, 9.17) is 0 Å². The Kier molecular flexibility index (Phi) is 8.35. The summed E-state index contributed by atoms with van der Waals surface area (Å²) in [6, 6.07) is 0. The van der Waals surface area contributed by atoms with Gasteiger partial charge in [-0.05, 0) is 56.6 Å². The predicted molar refractivity (Wildman–Crippen MR) is 113 cm³/mol. The molecule has 1 aliphatic rings. The molecule has 4 heteroatoms. The highest BCUT2D eigenvalue weighted by molar-refractivity contribution is 7.96. The van der Waals surface area contributed by atoms with Crippen molar-refractivity contribution in [3.8, 4) is 0 Å². The summed E-state index contributed by atoms with van der Waals surface area (Å²) < 4.78 is 0. The van der Waals surface area contributed by atoms with Gasteiger partial charge >= 0.3 is 0 Å². The molecule has 0 unspecified atom stereocenters. The van der Waals surface area contributed by atoms with Crippen LogP contribution in [0, 0.1) is 5.41 Å². The van der Waals surface area contributed by atoms with Crippen LogP contribution in [0.1, 0.15) is 53.9 Å². The summed E-state index contributed by atoms with van der Waals surface area (Å²) in [5.41, 5.74) is 5.09. The van der Waals surface area contributed by atoms with E-state index < -0.39 is 5.24 Å². The Hall–Kier alpha value is -1.81. The number of hydrogen-bond donors (Lipinski definition) is 1. The Morgan fingerprint density at radius 1 is 1.15 bits per heavy atom. The maximum Gasteiger partial charge on any atom is 0.285 e. The molecule has 0 spiro atoms. The first kappa shape index (κ1) is 22.2. The third-order valence-corrected chi connectivity index (χ3v) is 5.04. The van der Waals surface area contributed by atoms with E-state index in [1.54, 1.807) is 0 Å². The summed E-state index contributed by atoms with van der Waals surface area (Å²) in [5, 5.41) is -0.570. The van der Waals surface area contributed by atoms with Gasteiger partial charge in [-0.15, -0.1) is 0 Å². The summed E-state index contributed by atoms with van der Waals surface area (Å²) in [6.45, 7) is 10.7. The molecule has 2 amide bonds. The number of nitrogens with zero attached hydrogens (tertiary/aromatic N) is 1. The van der Waals surface area contributed by atoms with Gasteiger partial charge in [-0.2, -0.15) is 0 Å². The van der Waals surface area contributed by atoms with Gasteiger partial charge in [0.25, 0.3) is 11.1 Å². The number of allylic oxidation sites excluding steroid dienone is 9. The van der Waals surface area contributed by atoms with Crippen molar-refractivity contribution in [2.75, 3.05) is 7.05 Å². The predicted octanol–water partition coefficient (Wildman–Crippen LogP) is 6.03. The van der Waals surface area contributed by atoms with Gasteiger partial charge in [-0.1, -0.05) is 68.0 Å². The normalized spacial score (nSPS) is 18.7. The zero-order chi connectivity index (χ0) is 19.9. The molecule has 0 radical (unpaired) electrons. The molecule has 0 fully saturated rings. The van der Waals surface area contributed by atoms with Crippen LogP contribution >= 0.6 is 12.6 Å². The third-order valence-electron chi connectivity index (χ3n) is 4.74. The topological polar surface area (TPSA) is 37.4 Å². The van der Waals surface area contributed by atoms with Gasteiger partial charge < -0.3 is 0 Å². The number of amides is 2. The fourth-order valence-electron chi connectivity index (χ4n) is 3.07. The lowest BCUT2D eigenvalue weighted by Crippen LogP contribution is -2.27. The lowest BCUT2D eigenvalue weighted by Gasteiger charge is -2.32. The molecule has 0 bridgehead atoms. The first-order valence-electron chi connectivity index (χ1n) is 8.97. The zero-order valence-corrected chi connectivity index (χ0v) is 17.7. The number of rotatable bonds is 5. The Morgan fingerprint density at radius 3 is 2.38 bits per heavy atom. The van der Waals surface area contributed by atoms with Crippen molar-refractivity contribution in [1.29, 1.82) is 0 Å². The van der Waals surface area contributed by atoms with E-state index in [2.05, 4.69) is 52.5 Å². The summed E-state index contributed by atoms with van der Waals surface area (Å²) in [7, 11) is 1.41. The molecule has 0 saturated carbocycles. The van der Waals surface area contributed by atoms with Crippen molar-refractivity contribution in [2.45, 2.75) is 53.9 Å². The standard InChI is InChI=1S/C22H31NO2S/c1-16(12-13-19-18(3)11-8-14-22(19,4)5)9-7-10-17(2)15-20(24)23(6)21(25)26/h7,9-10,12-13,15H,8,11,14H2,1-6H3,(H,25,26). The van der Waals surface area contributed by atoms with Gasteiger partial charge in [-0.25, -0.2) is 0 Å². The maximum absolute atomic E-state index is 11.8. The van der Waals surface area contributed by atoms with Crippen LogP contribution in [0.25, 0.3) is 0 Å². The van der Waals surface area contributed by atoms with Gasteiger partial charge in [0.2, 0.25) is 0 Å². The van der Waals surface area contributed by atoms with Crippen LogP contribution in [0.5, 0.6) is 0 Å². The second-order valence-electron chi connectivity index (χ2n) is 7.60. The summed E-state index contributed by atoms with van der Waals surface area (Å²) >= 11 is 3.64. The molecule has 3 nitrogen and oxygen atoms in total. The Labute approximate surface area is 163 Å². The van der Waals surface area contributed by atoms with Gasteiger partial charge in [-0.3, -0.25) is 14.5 Å². The Morgan fingerprint density at radius 2 is 1.81 bits per heavy atom. The Bertz CT molecular complexity index is 706. The summed E-state index contributed by atoms with van der Waals surface area (Å²) in [5.74, 6) is -0.380. The quantitative estimate of drug-likeness (QED) is 0.363. The van der Waals surface area contributed by atoms with Crippen LogP contribution in [0.2, 0.25) is 0 Å². The van der Waals surface area contributed by atoms with E-state index >= 15 is 0 Å². The molecule has 0 aromatic carbocycles. The minimum atomic E-state index is -0.570. The van der Waals surface area contributed by atoms with E-state index in [0.29, 0.717) is 0 Å². The van der Waals surface area contributed by atoms with Crippen molar-refractivity contribution in [3.63, 3.8) is 0 Å². The molecule has 1 rings (SSSR count). The first-order chi connectivity index (χ1) is 12.0. The van der Waals surface area contributed by atoms with Gasteiger partial charge in [0.15, 0.2) is 0 Å². The highest BCUT2D eigenvalue weighted by atomic mass is 32.1. The van der Waals surface area contributed by atoms with Gasteiger partial charge in [0.05, 0.1) is 0 Å². The van der Waals surface area contributed by atoms with Crippen molar-refractivity contribution in [2.24, 2.45) is 5.41 Å². The van der Waals surface area contributed by atoms with Crippen LogP contribution in [0.3, 0.4) is 0 Å². The van der Waals surface area contributed by atoms with E-state index in [-0.39, 0.29) is 11.3 Å². The number of carbonyl (C=O) groups is 2. The second kappa shape index (κ2) is 9.77. The Balaban J connectivity index is 2.78. The van der Waals surface area contributed by atoms with Gasteiger partial charge in [0, 0.05) is 13.1 Å². The van der Waals surface area contributed by atoms with Gasteiger partial charge in [0.1, 0.15) is 0 Å². The number of hydrogen-bond acceptors (Lipinski definition) is 2. The van der Waals surface area contributed by atoms with Crippen LogP contribution in [0.15, 0.2) is 58.7 Å². The molecular weight excluding hydrogens is 342 g/mol. The van der Waals surface area contributed by atoms with Crippen molar-refractivity contribution < 1.29 is 9.59 Å². The van der Waals surface area contributed by atoms with E-state index in [0.717, 1.165) is 16.0 Å². The molecule has 0 aliphatic heterocycles. The molecule has 142 valence electrons. The average Bonchev–Trinajstić information content (AvgIpc) is 2.52. The molecule has 0 saturated heterocycles. The largest absolute Gasteiger partial charge is 0.285 e. The van der Waals surface area contributed by atoms with E-state index in [1.807, 2.05) is 25.2 Å². The number of likely N-dealkylation sites (N-methyl/N-ethyl adjacent to an activating group) is 1. The molecule has 0 aromatic rings. The maximum atomic E-state index is 11.8.